The molecule has 80 valence electrons. The van der Waals surface area contributed by atoms with Crippen LogP contribution in [0.15, 0.2) is 18.2 Å². The average molecular weight is 205 g/mol. The maximum Gasteiger partial charge on any atom is 0.183 e. The lowest BCUT2D eigenvalue weighted by atomic mass is 10.0. The van der Waals surface area contributed by atoms with Crippen LogP contribution in [0.2, 0.25) is 0 Å². The molecule has 1 N–H and O–H groups in total. The lowest BCUT2D eigenvalue weighted by Gasteiger charge is -2.11. The summed E-state index contributed by atoms with van der Waals surface area (Å²) in [5, 5.41) is 2.95. The first kappa shape index (κ1) is 10.2. The normalized spacial score (nSPS) is 15.6. The maximum atomic E-state index is 12.0. The summed E-state index contributed by atoms with van der Waals surface area (Å²) >= 11 is 0. The van der Waals surface area contributed by atoms with E-state index in [-0.39, 0.29) is 11.8 Å². The van der Waals surface area contributed by atoms with Crippen molar-refractivity contribution in [2.75, 3.05) is 13.7 Å². The third-order valence-corrected chi connectivity index (χ3v) is 2.81. The number of nitrogens with one attached hydrogen (secondary N) is 1. The molecule has 3 nitrogen and oxygen atoms in total. The van der Waals surface area contributed by atoms with Crippen molar-refractivity contribution in [1.29, 1.82) is 0 Å². The number of para-hydroxylation sites is 1. The van der Waals surface area contributed by atoms with Gasteiger partial charge < -0.3 is 10.1 Å². The minimum Gasteiger partial charge on any atom is -0.492 e. The monoisotopic (exact) mass is 205 g/mol. The number of rotatable bonds is 3. The SMILES string of the molecule is CNC(C)C(=O)c1cccc2c1OCC2. The zero-order valence-electron chi connectivity index (χ0n) is 9.04. The van der Waals surface area contributed by atoms with Gasteiger partial charge in [-0.15, -0.1) is 0 Å². The zero-order valence-corrected chi connectivity index (χ0v) is 9.04. The molecule has 0 fully saturated rings. The van der Waals surface area contributed by atoms with E-state index in [1.807, 2.05) is 25.1 Å². The van der Waals surface area contributed by atoms with Gasteiger partial charge in [0.2, 0.25) is 0 Å². The second-order valence-corrected chi connectivity index (χ2v) is 3.77. The summed E-state index contributed by atoms with van der Waals surface area (Å²) < 4.78 is 5.50. The Bertz CT molecular complexity index is 387. The minimum atomic E-state index is -0.166. The fraction of sp³-hybridized carbons (Fsp3) is 0.417. The molecule has 0 radical (unpaired) electrons. The maximum absolute atomic E-state index is 12.0. The Labute approximate surface area is 89.4 Å². The molecule has 0 saturated carbocycles. The van der Waals surface area contributed by atoms with Crippen molar-refractivity contribution in [3.63, 3.8) is 0 Å². The summed E-state index contributed by atoms with van der Waals surface area (Å²) in [4.78, 5) is 12.0. The molecule has 15 heavy (non-hydrogen) atoms. The quantitative estimate of drug-likeness (QED) is 0.758. The Morgan fingerprint density at radius 3 is 3.07 bits per heavy atom. The van der Waals surface area contributed by atoms with E-state index in [4.69, 9.17) is 4.74 Å². The van der Waals surface area contributed by atoms with Crippen molar-refractivity contribution in [2.45, 2.75) is 19.4 Å². The number of hydrogen-bond acceptors (Lipinski definition) is 3. The highest BCUT2D eigenvalue weighted by Gasteiger charge is 2.22. The number of carbonyl (C=O) groups is 1. The van der Waals surface area contributed by atoms with Crippen LogP contribution in [-0.2, 0) is 6.42 Å². The topological polar surface area (TPSA) is 38.3 Å². The summed E-state index contributed by atoms with van der Waals surface area (Å²) in [6.07, 6.45) is 0.907. The van der Waals surface area contributed by atoms with Crippen LogP contribution >= 0.6 is 0 Å². The molecule has 0 aromatic heterocycles. The van der Waals surface area contributed by atoms with Crippen molar-refractivity contribution in [2.24, 2.45) is 0 Å². The summed E-state index contributed by atoms with van der Waals surface area (Å²) in [6, 6.07) is 5.60. The van der Waals surface area contributed by atoms with Crippen molar-refractivity contribution >= 4 is 5.78 Å². The second kappa shape index (κ2) is 4.03. The molecule has 1 aromatic carbocycles. The van der Waals surface area contributed by atoms with Gasteiger partial charge in [-0.2, -0.15) is 0 Å². The van der Waals surface area contributed by atoms with Crippen LogP contribution in [0.5, 0.6) is 5.75 Å². The summed E-state index contributed by atoms with van der Waals surface area (Å²) in [7, 11) is 1.78. The number of carbonyl (C=O) groups excluding carboxylic acids is 1. The van der Waals surface area contributed by atoms with E-state index >= 15 is 0 Å². The first-order valence-electron chi connectivity index (χ1n) is 5.20. The first-order valence-corrected chi connectivity index (χ1v) is 5.20. The standard InChI is InChI=1S/C12H15NO2/c1-8(13-2)11(14)10-5-3-4-9-6-7-15-12(9)10/h3-5,8,13H,6-7H2,1-2H3. The second-order valence-electron chi connectivity index (χ2n) is 3.77. The molecule has 2 rings (SSSR count). The Hall–Kier alpha value is -1.35. The minimum absolute atomic E-state index is 0.0938. The van der Waals surface area contributed by atoms with Crippen molar-refractivity contribution in [3.8, 4) is 5.75 Å². The van der Waals surface area contributed by atoms with Gasteiger partial charge in [-0.25, -0.2) is 0 Å². The molecule has 1 aromatic rings. The van der Waals surface area contributed by atoms with Crippen molar-refractivity contribution < 1.29 is 9.53 Å². The van der Waals surface area contributed by atoms with E-state index < -0.39 is 0 Å². The number of benzene rings is 1. The largest absolute Gasteiger partial charge is 0.492 e. The molecular formula is C12H15NO2. The van der Waals surface area contributed by atoms with Gasteiger partial charge in [-0.05, 0) is 25.6 Å². The average Bonchev–Trinajstić information content (AvgIpc) is 2.74. The predicted molar refractivity (Wildman–Crippen MR) is 58.5 cm³/mol. The third-order valence-electron chi connectivity index (χ3n) is 2.81. The lowest BCUT2D eigenvalue weighted by molar-refractivity contribution is 0.0952. The molecule has 0 aliphatic carbocycles. The Kier molecular flexibility index (Phi) is 2.73. The summed E-state index contributed by atoms with van der Waals surface area (Å²) in [5.41, 5.74) is 1.84. The highest BCUT2D eigenvalue weighted by atomic mass is 16.5. The Balaban J connectivity index is 2.37. The van der Waals surface area contributed by atoms with E-state index in [1.165, 1.54) is 0 Å². The summed E-state index contributed by atoms with van der Waals surface area (Å²) in [5.74, 6) is 0.876. The van der Waals surface area contributed by atoms with Crippen LogP contribution in [-0.4, -0.2) is 25.5 Å². The van der Waals surface area contributed by atoms with Crippen molar-refractivity contribution in [1.82, 2.24) is 5.32 Å². The molecule has 0 amide bonds. The number of ether oxygens (including phenoxy) is 1. The number of ketones is 1. The van der Waals surface area contributed by atoms with Crippen LogP contribution in [0.4, 0.5) is 0 Å². The van der Waals surface area contributed by atoms with E-state index in [1.54, 1.807) is 7.05 Å². The van der Waals surface area contributed by atoms with Gasteiger partial charge in [0.15, 0.2) is 5.78 Å². The molecule has 1 aliphatic heterocycles. The molecule has 1 aliphatic rings. The van der Waals surface area contributed by atoms with Gasteiger partial charge in [0.05, 0.1) is 18.2 Å². The van der Waals surface area contributed by atoms with Crippen molar-refractivity contribution in [3.05, 3.63) is 29.3 Å². The molecule has 0 spiro atoms. The van der Waals surface area contributed by atoms with Gasteiger partial charge in [0.25, 0.3) is 0 Å². The number of hydrogen-bond donors (Lipinski definition) is 1. The predicted octanol–water partition coefficient (Wildman–Crippen LogP) is 1.41. The van der Waals surface area contributed by atoms with Crippen LogP contribution < -0.4 is 10.1 Å². The molecule has 1 unspecified atom stereocenters. The Morgan fingerprint density at radius 2 is 2.33 bits per heavy atom. The van der Waals surface area contributed by atoms with Gasteiger partial charge >= 0.3 is 0 Å². The fourth-order valence-electron chi connectivity index (χ4n) is 1.77. The van der Waals surface area contributed by atoms with Gasteiger partial charge in [0.1, 0.15) is 5.75 Å². The molecule has 1 atom stereocenters. The highest BCUT2D eigenvalue weighted by molar-refractivity contribution is 6.02. The van der Waals surface area contributed by atoms with Crippen LogP contribution in [0.25, 0.3) is 0 Å². The van der Waals surface area contributed by atoms with Crippen LogP contribution in [0.3, 0.4) is 0 Å². The van der Waals surface area contributed by atoms with Gasteiger partial charge in [-0.3, -0.25) is 4.79 Å². The smallest absolute Gasteiger partial charge is 0.183 e. The lowest BCUT2D eigenvalue weighted by Crippen LogP contribution is -2.30. The Morgan fingerprint density at radius 1 is 1.53 bits per heavy atom. The molecule has 3 heteroatoms. The first-order chi connectivity index (χ1) is 7.24. The molecular weight excluding hydrogens is 190 g/mol. The van der Waals surface area contributed by atoms with Crippen LogP contribution in [0, 0.1) is 0 Å². The molecule has 0 bridgehead atoms. The van der Waals surface area contributed by atoms with Crippen LogP contribution in [0.1, 0.15) is 22.8 Å². The van der Waals surface area contributed by atoms with E-state index in [2.05, 4.69) is 5.32 Å². The van der Waals surface area contributed by atoms with Gasteiger partial charge in [-0.1, -0.05) is 12.1 Å². The molecule has 0 saturated heterocycles. The molecule has 1 heterocycles. The van der Waals surface area contributed by atoms with Gasteiger partial charge in [0, 0.05) is 6.42 Å². The van der Waals surface area contributed by atoms with E-state index in [0.29, 0.717) is 12.2 Å². The zero-order chi connectivity index (χ0) is 10.8. The third kappa shape index (κ3) is 1.75. The van der Waals surface area contributed by atoms with E-state index in [9.17, 15) is 4.79 Å². The number of likely N-dealkylation sites (N-methyl/N-ethyl adjacent to an activating group) is 1. The fourth-order valence-corrected chi connectivity index (χ4v) is 1.77. The highest BCUT2D eigenvalue weighted by Crippen LogP contribution is 2.30. The van der Waals surface area contributed by atoms with E-state index in [0.717, 1.165) is 17.7 Å². The number of fused-ring (bicyclic) bond motifs is 1. The summed E-state index contributed by atoms with van der Waals surface area (Å²) in [6.45, 7) is 2.55. The number of Topliss-reactive ketones (excluding diaryl/α,β-unsaturated/α-hetero) is 1.